The molecule has 2 heterocycles. The number of benzene rings is 1. The molecule has 0 spiro atoms. The van der Waals surface area contributed by atoms with Gasteiger partial charge in [-0.15, -0.1) is 0 Å². The van der Waals surface area contributed by atoms with Gasteiger partial charge in [-0.1, -0.05) is 12.1 Å². The van der Waals surface area contributed by atoms with Gasteiger partial charge in [-0.3, -0.25) is 24.2 Å². The summed E-state index contributed by atoms with van der Waals surface area (Å²) in [5.74, 6) is 0.269. The normalized spacial score (nSPS) is 14.8. The maximum Gasteiger partial charge on any atom is 0.253 e. The number of hydrogen-bond donors (Lipinski definition) is 2. The highest BCUT2D eigenvalue weighted by Gasteiger charge is 2.22. The maximum absolute atomic E-state index is 12.6. The van der Waals surface area contributed by atoms with Crippen molar-refractivity contribution in [3.63, 3.8) is 0 Å². The summed E-state index contributed by atoms with van der Waals surface area (Å²) in [7, 11) is 3.50. The van der Waals surface area contributed by atoms with E-state index in [9.17, 15) is 14.4 Å². The van der Waals surface area contributed by atoms with Crippen molar-refractivity contribution in [1.82, 2.24) is 20.0 Å². The van der Waals surface area contributed by atoms with Crippen molar-refractivity contribution in [3.8, 4) is 0 Å². The molecule has 3 amide bonds. The zero-order chi connectivity index (χ0) is 22.2. The molecule has 2 aromatic rings. The van der Waals surface area contributed by atoms with Crippen LogP contribution in [0.4, 0.5) is 5.69 Å². The second-order valence-corrected chi connectivity index (χ2v) is 7.70. The van der Waals surface area contributed by atoms with Crippen LogP contribution in [0.3, 0.4) is 0 Å². The zero-order valence-corrected chi connectivity index (χ0v) is 18.0. The first kappa shape index (κ1) is 22.5. The van der Waals surface area contributed by atoms with Crippen molar-refractivity contribution in [1.29, 1.82) is 0 Å². The lowest BCUT2D eigenvalue weighted by Crippen LogP contribution is -2.50. The van der Waals surface area contributed by atoms with Crippen LogP contribution in [0.5, 0.6) is 0 Å². The molecule has 9 nitrogen and oxygen atoms in total. The third kappa shape index (κ3) is 6.66. The van der Waals surface area contributed by atoms with Crippen LogP contribution in [-0.2, 0) is 16.1 Å². The molecule has 0 saturated carbocycles. The highest BCUT2D eigenvalue weighted by molar-refractivity contribution is 6.04. The molecule has 0 aliphatic carbocycles. The Morgan fingerprint density at radius 3 is 2.29 bits per heavy atom. The molecular weight excluding hydrogens is 398 g/mol. The standard InChI is InChI=1S/C22H29N5O4/c1-25(2)21(29)16-27-11-9-26(10-12-27)15-20(28)24-19-8-4-3-7-18(19)22(30)23-14-17-6-5-13-31-17/h3-8,13H,9-12,14-16H2,1-2H3,(H,23,30)(H,24,28). The number of furan rings is 1. The van der Waals surface area contributed by atoms with Crippen LogP contribution in [0.1, 0.15) is 16.1 Å². The highest BCUT2D eigenvalue weighted by atomic mass is 16.3. The maximum atomic E-state index is 12.6. The van der Waals surface area contributed by atoms with E-state index in [0.29, 0.717) is 36.6 Å². The van der Waals surface area contributed by atoms with E-state index in [-0.39, 0.29) is 30.8 Å². The summed E-state index contributed by atoms with van der Waals surface area (Å²) in [6.07, 6.45) is 1.55. The second-order valence-electron chi connectivity index (χ2n) is 7.70. The molecule has 2 N–H and O–H groups in total. The van der Waals surface area contributed by atoms with Gasteiger partial charge in [0.05, 0.1) is 37.1 Å². The summed E-state index contributed by atoms with van der Waals surface area (Å²) in [6, 6.07) is 10.5. The SMILES string of the molecule is CN(C)C(=O)CN1CCN(CC(=O)Nc2ccccc2C(=O)NCc2ccco2)CC1. The lowest BCUT2D eigenvalue weighted by atomic mass is 10.1. The molecule has 1 aliphatic rings. The number of piperazine rings is 1. The van der Waals surface area contributed by atoms with E-state index in [1.54, 1.807) is 61.7 Å². The van der Waals surface area contributed by atoms with E-state index in [2.05, 4.69) is 15.5 Å². The molecular formula is C22H29N5O4. The van der Waals surface area contributed by atoms with E-state index in [0.717, 1.165) is 13.1 Å². The molecule has 1 fully saturated rings. The van der Waals surface area contributed by atoms with E-state index in [4.69, 9.17) is 4.42 Å². The van der Waals surface area contributed by atoms with Crippen LogP contribution in [-0.4, -0.2) is 85.8 Å². The lowest BCUT2D eigenvalue weighted by Gasteiger charge is -2.34. The Balaban J connectivity index is 1.48. The summed E-state index contributed by atoms with van der Waals surface area (Å²) >= 11 is 0. The number of likely N-dealkylation sites (N-methyl/N-ethyl adjacent to an activating group) is 1. The molecule has 1 aromatic carbocycles. The van der Waals surface area contributed by atoms with Crippen molar-refractivity contribution in [2.75, 3.05) is 58.7 Å². The fourth-order valence-electron chi connectivity index (χ4n) is 3.30. The average molecular weight is 428 g/mol. The van der Waals surface area contributed by atoms with Gasteiger partial charge in [0, 0.05) is 40.3 Å². The van der Waals surface area contributed by atoms with Crippen molar-refractivity contribution in [3.05, 3.63) is 54.0 Å². The Bertz CT molecular complexity index is 889. The average Bonchev–Trinajstić information content (AvgIpc) is 3.27. The summed E-state index contributed by atoms with van der Waals surface area (Å²) in [6.45, 7) is 3.79. The number of amides is 3. The minimum Gasteiger partial charge on any atom is -0.467 e. The highest BCUT2D eigenvalue weighted by Crippen LogP contribution is 2.15. The largest absolute Gasteiger partial charge is 0.467 e. The summed E-state index contributed by atoms with van der Waals surface area (Å²) in [5, 5.41) is 5.64. The fraction of sp³-hybridized carbons (Fsp3) is 0.409. The van der Waals surface area contributed by atoms with Gasteiger partial charge in [0.1, 0.15) is 5.76 Å². The van der Waals surface area contributed by atoms with Crippen LogP contribution in [0.15, 0.2) is 47.1 Å². The van der Waals surface area contributed by atoms with E-state index < -0.39 is 0 Å². The number of carbonyl (C=O) groups excluding carboxylic acids is 3. The molecule has 0 bridgehead atoms. The molecule has 0 radical (unpaired) electrons. The zero-order valence-electron chi connectivity index (χ0n) is 18.0. The van der Waals surface area contributed by atoms with Gasteiger partial charge in [0.15, 0.2) is 0 Å². The quantitative estimate of drug-likeness (QED) is 0.648. The van der Waals surface area contributed by atoms with Crippen LogP contribution in [0, 0.1) is 0 Å². The Morgan fingerprint density at radius 2 is 1.65 bits per heavy atom. The number of nitrogens with one attached hydrogen (secondary N) is 2. The van der Waals surface area contributed by atoms with Crippen molar-refractivity contribution >= 4 is 23.4 Å². The van der Waals surface area contributed by atoms with Gasteiger partial charge in [-0.05, 0) is 24.3 Å². The first-order valence-corrected chi connectivity index (χ1v) is 10.3. The Labute approximate surface area is 182 Å². The summed E-state index contributed by atoms with van der Waals surface area (Å²) in [4.78, 5) is 42.7. The minimum atomic E-state index is -0.286. The number of hydrogen-bond acceptors (Lipinski definition) is 6. The molecule has 31 heavy (non-hydrogen) atoms. The number of rotatable bonds is 8. The molecule has 0 unspecified atom stereocenters. The number of nitrogens with zero attached hydrogens (tertiary/aromatic N) is 3. The number of para-hydroxylation sites is 1. The van der Waals surface area contributed by atoms with Gasteiger partial charge in [-0.25, -0.2) is 0 Å². The van der Waals surface area contributed by atoms with Gasteiger partial charge in [-0.2, -0.15) is 0 Å². The monoisotopic (exact) mass is 427 g/mol. The predicted octanol–water partition coefficient (Wildman–Crippen LogP) is 0.854. The topological polar surface area (TPSA) is 98.1 Å². The third-order valence-electron chi connectivity index (χ3n) is 5.14. The fourth-order valence-corrected chi connectivity index (χ4v) is 3.30. The Hall–Kier alpha value is -3.17. The van der Waals surface area contributed by atoms with E-state index >= 15 is 0 Å². The van der Waals surface area contributed by atoms with E-state index in [1.807, 2.05) is 4.90 Å². The van der Waals surface area contributed by atoms with Gasteiger partial charge in [0.25, 0.3) is 5.91 Å². The van der Waals surface area contributed by atoms with Crippen molar-refractivity contribution in [2.24, 2.45) is 0 Å². The van der Waals surface area contributed by atoms with Crippen molar-refractivity contribution < 1.29 is 18.8 Å². The summed E-state index contributed by atoms with van der Waals surface area (Å²) in [5.41, 5.74) is 0.870. The Kier molecular flexibility index (Phi) is 7.80. The molecule has 166 valence electrons. The van der Waals surface area contributed by atoms with Crippen molar-refractivity contribution in [2.45, 2.75) is 6.54 Å². The number of anilines is 1. The second kappa shape index (κ2) is 10.7. The molecule has 3 rings (SSSR count). The minimum absolute atomic E-state index is 0.0770. The first-order valence-electron chi connectivity index (χ1n) is 10.3. The Morgan fingerprint density at radius 1 is 0.968 bits per heavy atom. The smallest absolute Gasteiger partial charge is 0.253 e. The van der Waals surface area contributed by atoms with Crippen LogP contribution in [0.25, 0.3) is 0 Å². The molecule has 1 saturated heterocycles. The molecule has 0 atom stereocenters. The molecule has 1 aliphatic heterocycles. The predicted molar refractivity (Wildman–Crippen MR) is 117 cm³/mol. The van der Waals surface area contributed by atoms with Crippen LogP contribution in [0.2, 0.25) is 0 Å². The number of carbonyl (C=O) groups is 3. The lowest BCUT2D eigenvalue weighted by molar-refractivity contribution is -0.130. The van der Waals surface area contributed by atoms with Gasteiger partial charge >= 0.3 is 0 Å². The van der Waals surface area contributed by atoms with Gasteiger partial charge in [0.2, 0.25) is 11.8 Å². The van der Waals surface area contributed by atoms with Crippen LogP contribution < -0.4 is 10.6 Å². The third-order valence-corrected chi connectivity index (χ3v) is 5.14. The summed E-state index contributed by atoms with van der Waals surface area (Å²) < 4.78 is 5.22. The van der Waals surface area contributed by atoms with E-state index in [1.165, 1.54) is 0 Å². The first-order chi connectivity index (χ1) is 14.9. The molecule has 1 aromatic heterocycles. The van der Waals surface area contributed by atoms with Gasteiger partial charge < -0.3 is 20.0 Å². The molecule has 9 heteroatoms. The van der Waals surface area contributed by atoms with Crippen LogP contribution >= 0.6 is 0 Å².